The Labute approximate surface area is 119 Å². The van der Waals surface area contributed by atoms with Crippen LogP contribution in [0.2, 0.25) is 0 Å². The molecule has 1 atom stereocenters. The maximum Gasteiger partial charge on any atom is 0.320 e. The van der Waals surface area contributed by atoms with Gasteiger partial charge in [0.1, 0.15) is 6.04 Å². The average Bonchev–Trinajstić information content (AvgIpc) is 2.66. The number of carbonyl (C=O) groups excluding carboxylic acids is 1. The first kappa shape index (κ1) is 16.2. The molecule has 1 aromatic heterocycles. The lowest BCUT2D eigenvalue weighted by atomic mass is 10.1. The number of aromatic nitrogens is 1. The van der Waals surface area contributed by atoms with Crippen LogP contribution in [0.1, 0.15) is 28.7 Å². The first-order valence-electron chi connectivity index (χ1n) is 6.53. The molecular weight excluding hydrogens is 256 g/mol. The zero-order valence-electron chi connectivity index (χ0n) is 12.5. The second-order valence-corrected chi connectivity index (χ2v) is 5.04. The second kappa shape index (κ2) is 6.52. The third-order valence-electron chi connectivity index (χ3n) is 3.60. The summed E-state index contributed by atoms with van der Waals surface area (Å²) in [4.78, 5) is 24.7. The number of nitrogens with zero attached hydrogens (tertiary/aromatic N) is 2. The Balaban J connectivity index is 2.91. The highest BCUT2D eigenvalue weighted by Gasteiger charge is 2.22. The normalized spacial score (nSPS) is 12.4. The van der Waals surface area contributed by atoms with Gasteiger partial charge in [0.25, 0.3) is 0 Å². The number of ketones is 1. The Morgan fingerprint density at radius 1 is 1.50 bits per heavy atom. The molecular formula is C15H22N2O3. The number of likely N-dealkylation sites (N-methyl/N-ethyl adjacent to an activating group) is 1. The second-order valence-electron chi connectivity index (χ2n) is 5.04. The summed E-state index contributed by atoms with van der Waals surface area (Å²) >= 11 is 0. The zero-order chi connectivity index (χ0) is 15.4. The van der Waals surface area contributed by atoms with Gasteiger partial charge >= 0.3 is 5.97 Å². The van der Waals surface area contributed by atoms with Crippen LogP contribution in [0.4, 0.5) is 0 Å². The Kier molecular flexibility index (Phi) is 5.27. The lowest BCUT2D eigenvalue weighted by Gasteiger charge is -2.20. The number of carbonyl (C=O) groups is 2. The van der Waals surface area contributed by atoms with Crippen molar-refractivity contribution in [1.29, 1.82) is 0 Å². The van der Waals surface area contributed by atoms with Gasteiger partial charge in [0.15, 0.2) is 5.78 Å². The summed E-state index contributed by atoms with van der Waals surface area (Å²) in [5.74, 6) is -0.999. The molecule has 0 amide bonds. The molecule has 1 unspecified atom stereocenters. The molecule has 1 heterocycles. The van der Waals surface area contributed by atoms with Gasteiger partial charge in [0.2, 0.25) is 0 Å². The summed E-state index contributed by atoms with van der Waals surface area (Å²) in [7, 11) is 1.64. The fourth-order valence-electron chi connectivity index (χ4n) is 2.13. The van der Waals surface area contributed by atoms with E-state index < -0.39 is 12.0 Å². The summed E-state index contributed by atoms with van der Waals surface area (Å²) in [6, 6.07) is 1.16. The highest BCUT2D eigenvalue weighted by Crippen LogP contribution is 2.16. The van der Waals surface area contributed by atoms with Crippen molar-refractivity contribution >= 4 is 11.8 Å². The molecule has 20 heavy (non-hydrogen) atoms. The maximum atomic E-state index is 12.3. The van der Waals surface area contributed by atoms with Gasteiger partial charge in [-0.15, -0.1) is 6.58 Å². The van der Waals surface area contributed by atoms with Gasteiger partial charge < -0.3 is 9.67 Å². The Bertz CT molecular complexity index is 531. The van der Waals surface area contributed by atoms with E-state index in [0.717, 1.165) is 11.4 Å². The molecule has 0 bridgehead atoms. The van der Waals surface area contributed by atoms with E-state index in [1.54, 1.807) is 20.0 Å². The van der Waals surface area contributed by atoms with Crippen molar-refractivity contribution in [2.75, 3.05) is 13.6 Å². The molecule has 0 spiro atoms. The quantitative estimate of drug-likeness (QED) is 0.611. The number of carboxylic acids is 1. The zero-order valence-corrected chi connectivity index (χ0v) is 12.5. The lowest BCUT2D eigenvalue weighted by molar-refractivity contribution is -0.141. The summed E-state index contributed by atoms with van der Waals surface area (Å²) in [6.45, 7) is 9.85. The van der Waals surface area contributed by atoms with Crippen LogP contribution < -0.4 is 0 Å². The molecule has 1 rings (SSSR count). The predicted octanol–water partition coefficient (Wildman–Crippen LogP) is 1.88. The van der Waals surface area contributed by atoms with Gasteiger partial charge in [-0.1, -0.05) is 6.08 Å². The molecule has 0 aromatic carbocycles. The Morgan fingerprint density at radius 3 is 2.60 bits per heavy atom. The van der Waals surface area contributed by atoms with Crippen LogP contribution in [0.15, 0.2) is 18.7 Å². The molecule has 5 heteroatoms. The molecule has 0 aliphatic carbocycles. The van der Waals surface area contributed by atoms with Crippen molar-refractivity contribution < 1.29 is 14.7 Å². The van der Waals surface area contributed by atoms with Gasteiger partial charge in [-0.3, -0.25) is 14.5 Å². The van der Waals surface area contributed by atoms with E-state index in [0.29, 0.717) is 12.1 Å². The number of aliphatic carboxylic acids is 1. The third kappa shape index (κ3) is 3.36. The van der Waals surface area contributed by atoms with E-state index in [4.69, 9.17) is 5.11 Å². The molecule has 0 aliphatic rings. The van der Waals surface area contributed by atoms with Crippen LogP contribution in [0.5, 0.6) is 0 Å². The first-order chi connectivity index (χ1) is 9.29. The Hall–Kier alpha value is -1.88. The van der Waals surface area contributed by atoms with Gasteiger partial charge in [0, 0.05) is 23.5 Å². The largest absolute Gasteiger partial charge is 0.480 e. The SMILES string of the molecule is C=CCn1c(C)cc(C(=O)CN(C)C(C)C(=O)O)c1C. The van der Waals surface area contributed by atoms with Gasteiger partial charge in [-0.25, -0.2) is 0 Å². The topological polar surface area (TPSA) is 62.5 Å². The number of Topliss-reactive ketones (excluding diaryl/α,β-unsaturated/α-hetero) is 1. The standard InChI is InChI=1S/C15H22N2O3/c1-6-7-17-10(2)8-13(11(17)3)14(18)9-16(5)12(4)15(19)20/h6,8,12H,1,7,9H2,2-5H3,(H,19,20). The van der Waals surface area contributed by atoms with Crippen LogP contribution in [-0.4, -0.2) is 46.0 Å². The number of rotatable bonds is 7. The highest BCUT2D eigenvalue weighted by atomic mass is 16.4. The van der Waals surface area contributed by atoms with Crippen molar-refractivity contribution in [3.05, 3.63) is 35.7 Å². The van der Waals surface area contributed by atoms with E-state index >= 15 is 0 Å². The first-order valence-corrected chi connectivity index (χ1v) is 6.53. The van der Waals surface area contributed by atoms with Crippen molar-refractivity contribution in [2.24, 2.45) is 0 Å². The number of carboxylic acid groups (broad SMARTS) is 1. The van der Waals surface area contributed by atoms with E-state index in [9.17, 15) is 9.59 Å². The molecule has 0 saturated heterocycles. The summed E-state index contributed by atoms with van der Waals surface area (Å²) in [5, 5.41) is 8.94. The van der Waals surface area contributed by atoms with Gasteiger partial charge in [-0.2, -0.15) is 0 Å². The predicted molar refractivity (Wildman–Crippen MR) is 78.2 cm³/mol. The fourth-order valence-corrected chi connectivity index (χ4v) is 2.13. The summed E-state index contributed by atoms with van der Waals surface area (Å²) in [6.07, 6.45) is 1.78. The molecule has 5 nitrogen and oxygen atoms in total. The molecule has 0 aliphatic heterocycles. The molecule has 0 fully saturated rings. The highest BCUT2D eigenvalue weighted by molar-refractivity contribution is 5.99. The average molecular weight is 278 g/mol. The number of aryl methyl sites for hydroxylation is 1. The Morgan fingerprint density at radius 2 is 2.10 bits per heavy atom. The molecule has 110 valence electrons. The van der Waals surface area contributed by atoms with Crippen molar-refractivity contribution in [3.63, 3.8) is 0 Å². The van der Waals surface area contributed by atoms with E-state index in [-0.39, 0.29) is 12.3 Å². The van der Waals surface area contributed by atoms with Crippen LogP contribution in [0, 0.1) is 13.8 Å². The smallest absolute Gasteiger partial charge is 0.320 e. The minimum Gasteiger partial charge on any atom is -0.480 e. The summed E-state index contributed by atoms with van der Waals surface area (Å²) in [5.41, 5.74) is 2.54. The van der Waals surface area contributed by atoms with Crippen LogP contribution >= 0.6 is 0 Å². The minimum atomic E-state index is -0.933. The van der Waals surface area contributed by atoms with Crippen LogP contribution in [-0.2, 0) is 11.3 Å². The van der Waals surface area contributed by atoms with Crippen molar-refractivity contribution in [2.45, 2.75) is 33.4 Å². The lowest BCUT2D eigenvalue weighted by Crippen LogP contribution is -2.39. The number of hydrogen-bond acceptors (Lipinski definition) is 3. The van der Waals surface area contributed by atoms with E-state index in [2.05, 4.69) is 6.58 Å². The number of hydrogen-bond donors (Lipinski definition) is 1. The monoisotopic (exact) mass is 278 g/mol. The van der Waals surface area contributed by atoms with Crippen LogP contribution in [0.25, 0.3) is 0 Å². The molecule has 1 aromatic rings. The van der Waals surface area contributed by atoms with Gasteiger partial charge in [-0.05, 0) is 33.9 Å². The van der Waals surface area contributed by atoms with Crippen LogP contribution in [0.3, 0.4) is 0 Å². The van der Waals surface area contributed by atoms with Crippen molar-refractivity contribution in [1.82, 2.24) is 9.47 Å². The maximum absolute atomic E-state index is 12.3. The molecule has 0 saturated carbocycles. The molecule has 0 radical (unpaired) electrons. The van der Waals surface area contributed by atoms with Gasteiger partial charge in [0.05, 0.1) is 6.54 Å². The summed E-state index contributed by atoms with van der Waals surface area (Å²) < 4.78 is 2.01. The minimum absolute atomic E-state index is 0.0657. The third-order valence-corrected chi connectivity index (χ3v) is 3.60. The van der Waals surface area contributed by atoms with E-state index in [1.165, 1.54) is 4.90 Å². The van der Waals surface area contributed by atoms with E-state index in [1.807, 2.05) is 24.5 Å². The fraction of sp³-hybridized carbons (Fsp3) is 0.467. The van der Waals surface area contributed by atoms with Crippen molar-refractivity contribution in [3.8, 4) is 0 Å². The molecule has 1 N–H and O–H groups in total. The number of allylic oxidation sites excluding steroid dienone is 1.